The number of aromatic nitrogens is 2. The summed E-state index contributed by atoms with van der Waals surface area (Å²) in [6.07, 6.45) is 0. The van der Waals surface area contributed by atoms with Crippen LogP contribution in [-0.4, -0.2) is 29.5 Å². The molecule has 1 aromatic carbocycles. The first-order valence-electron chi connectivity index (χ1n) is 6.49. The van der Waals surface area contributed by atoms with E-state index in [1.165, 1.54) is 12.7 Å². The monoisotopic (exact) mass is 306 g/mol. The third kappa shape index (κ3) is 3.58. The third-order valence-corrected chi connectivity index (χ3v) is 4.33. The number of aryl methyl sites for hydroxylation is 3. The van der Waals surface area contributed by atoms with Crippen LogP contribution in [0.25, 0.3) is 0 Å². The number of benzene rings is 1. The Balaban J connectivity index is 2.26. The summed E-state index contributed by atoms with van der Waals surface area (Å²) in [4.78, 5) is 13.3. The van der Waals surface area contributed by atoms with E-state index in [4.69, 9.17) is 4.74 Å². The minimum absolute atomic E-state index is 0.128. The van der Waals surface area contributed by atoms with Gasteiger partial charge in [0.15, 0.2) is 6.61 Å². The van der Waals surface area contributed by atoms with Gasteiger partial charge in [-0.15, -0.1) is 0 Å². The summed E-state index contributed by atoms with van der Waals surface area (Å²) in [5.41, 5.74) is 2.05. The molecule has 0 N–H and O–H groups in total. The van der Waals surface area contributed by atoms with Crippen LogP contribution in [0, 0.1) is 13.8 Å². The molecule has 0 aliphatic heterocycles. The summed E-state index contributed by atoms with van der Waals surface area (Å²) < 4.78 is 11.8. The number of methoxy groups -OCH3 is 1. The predicted octanol–water partition coefficient (Wildman–Crippen LogP) is 2.74. The van der Waals surface area contributed by atoms with E-state index in [1.807, 2.05) is 19.1 Å². The Hall–Kier alpha value is -1.95. The van der Waals surface area contributed by atoms with Crippen LogP contribution in [0.5, 0.6) is 5.88 Å². The van der Waals surface area contributed by atoms with E-state index in [-0.39, 0.29) is 6.61 Å². The molecule has 0 saturated heterocycles. The molecule has 5 nitrogen and oxygen atoms in total. The van der Waals surface area contributed by atoms with E-state index < -0.39 is 5.97 Å². The molecule has 6 heteroatoms. The molecule has 2 aromatic rings. The number of carbonyl (C=O) groups excluding carboxylic acids is 1. The maximum atomic E-state index is 11.2. The van der Waals surface area contributed by atoms with Crippen LogP contribution >= 0.6 is 11.8 Å². The standard InChI is InChI=1S/C15H18N2O3S/c1-10-7-5-6-8-12(10)21-14-11(2)16-17(3)15(14)20-9-13(18)19-4/h5-8H,9H2,1-4H3. The lowest BCUT2D eigenvalue weighted by atomic mass is 10.2. The number of esters is 1. The molecule has 0 atom stereocenters. The molecule has 0 aliphatic carbocycles. The van der Waals surface area contributed by atoms with Gasteiger partial charge in [0.25, 0.3) is 0 Å². The number of rotatable bonds is 5. The molecule has 21 heavy (non-hydrogen) atoms. The molecular weight excluding hydrogens is 288 g/mol. The van der Waals surface area contributed by atoms with Crippen molar-refractivity contribution < 1.29 is 14.3 Å². The van der Waals surface area contributed by atoms with Gasteiger partial charge in [0, 0.05) is 11.9 Å². The molecule has 0 radical (unpaired) electrons. The zero-order chi connectivity index (χ0) is 15.4. The molecule has 1 heterocycles. The fourth-order valence-corrected chi connectivity index (χ4v) is 2.92. The highest BCUT2D eigenvalue weighted by molar-refractivity contribution is 7.99. The summed E-state index contributed by atoms with van der Waals surface area (Å²) in [5, 5.41) is 4.36. The minimum Gasteiger partial charge on any atom is -0.466 e. The van der Waals surface area contributed by atoms with Crippen molar-refractivity contribution in [3.05, 3.63) is 35.5 Å². The van der Waals surface area contributed by atoms with Gasteiger partial charge in [-0.3, -0.25) is 0 Å². The zero-order valence-electron chi connectivity index (χ0n) is 12.5. The summed E-state index contributed by atoms with van der Waals surface area (Å²) in [6.45, 7) is 3.85. The van der Waals surface area contributed by atoms with Gasteiger partial charge in [0.05, 0.1) is 17.7 Å². The van der Waals surface area contributed by atoms with Crippen LogP contribution in [0.1, 0.15) is 11.3 Å². The molecule has 0 spiro atoms. The van der Waals surface area contributed by atoms with Gasteiger partial charge in [0.2, 0.25) is 5.88 Å². The molecule has 0 fully saturated rings. The SMILES string of the molecule is COC(=O)COc1c(Sc2ccccc2C)c(C)nn1C. The first kappa shape index (κ1) is 15.4. The summed E-state index contributed by atoms with van der Waals surface area (Å²) >= 11 is 1.59. The number of ether oxygens (including phenoxy) is 2. The smallest absolute Gasteiger partial charge is 0.343 e. The first-order chi connectivity index (χ1) is 10.0. The molecule has 2 rings (SSSR count). The van der Waals surface area contributed by atoms with Crippen molar-refractivity contribution in [3.63, 3.8) is 0 Å². The third-order valence-electron chi connectivity index (χ3n) is 2.98. The lowest BCUT2D eigenvalue weighted by molar-refractivity contribution is -0.143. The summed E-state index contributed by atoms with van der Waals surface area (Å²) in [6, 6.07) is 8.11. The largest absolute Gasteiger partial charge is 0.466 e. The van der Waals surface area contributed by atoms with Gasteiger partial charge >= 0.3 is 5.97 Å². The van der Waals surface area contributed by atoms with Crippen molar-refractivity contribution in [3.8, 4) is 5.88 Å². The fourth-order valence-electron chi connectivity index (χ4n) is 1.86. The topological polar surface area (TPSA) is 53.4 Å². The second kappa shape index (κ2) is 6.67. The maximum Gasteiger partial charge on any atom is 0.343 e. The van der Waals surface area contributed by atoms with Gasteiger partial charge in [-0.25, -0.2) is 9.48 Å². The number of nitrogens with zero attached hydrogens (tertiary/aromatic N) is 2. The lowest BCUT2D eigenvalue weighted by Gasteiger charge is -2.09. The highest BCUT2D eigenvalue weighted by atomic mass is 32.2. The molecule has 0 amide bonds. The van der Waals surface area contributed by atoms with Crippen LogP contribution in [0.2, 0.25) is 0 Å². The van der Waals surface area contributed by atoms with Gasteiger partial charge in [-0.1, -0.05) is 30.0 Å². The van der Waals surface area contributed by atoms with Gasteiger partial charge in [-0.05, 0) is 25.5 Å². The molecule has 112 valence electrons. The predicted molar refractivity (Wildman–Crippen MR) is 80.8 cm³/mol. The highest BCUT2D eigenvalue weighted by Gasteiger charge is 2.18. The number of hydrogen-bond donors (Lipinski definition) is 0. The Kier molecular flexibility index (Phi) is 4.90. The van der Waals surface area contributed by atoms with E-state index >= 15 is 0 Å². The fraction of sp³-hybridized carbons (Fsp3) is 0.333. The first-order valence-corrected chi connectivity index (χ1v) is 7.31. The van der Waals surface area contributed by atoms with Crippen molar-refractivity contribution >= 4 is 17.7 Å². The normalized spacial score (nSPS) is 10.5. The van der Waals surface area contributed by atoms with Crippen LogP contribution < -0.4 is 4.74 Å². The van der Waals surface area contributed by atoms with Crippen molar-refractivity contribution in [1.82, 2.24) is 9.78 Å². The Labute approximate surface area is 128 Å². The van der Waals surface area contributed by atoms with E-state index in [0.29, 0.717) is 5.88 Å². The average molecular weight is 306 g/mol. The second-order valence-corrected chi connectivity index (χ2v) is 5.63. The van der Waals surface area contributed by atoms with Gasteiger partial charge < -0.3 is 9.47 Å². The Morgan fingerprint density at radius 2 is 2.05 bits per heavy atom. The van der Waals surface area contributed by atoms with E-state index in [9.17, 15) is 4.79 Å². The Bertz CT molecular complexity index is 652. The van der Waals surface area contributed by atoms with Crippen LogP contribution in [0.15, 0.2) is 34.1 Å². The molecule has 0 saturated carbocycles. The maximum absolute atomic E-state index is 11.2. The van der Waals surface area contributed by atoms with E-state index in [0.717, 1.165) is 15.5 Å². The number of carbonyl (C=O) groups is 1. The molecular formula is C15H18N2O3S. The minimum atomic E-state index is -0.416. The van der Waals surface area contributed by atoms with E-state index in [2.05, 4.69) is 28.9 Å². The van der Waals surface area contributed by atoms with E-state index in [1.54, 1.807) is 23.5 Å². The van der Waals surface area contributed by atoms with Crippen molar-refractivity contribution in [1.29, 1.82) is 0 Å². The lowest BCUT2D eigenvalue weighted by Crippen LogP contribution is -2.14. The summed E-state index contributed by atoms with van der Waals surface area (Å²) in [7, 11) is 3.13. The molecule has 0 unspecified atom stereocenters. The quantitative estimate of drug-likeness (QED) is 0.795. The van der Waals surface area contributed by atoms with Crippen LogP contribution in [-0.2, 0) is 16.6 Å². The average Bonchev–Trinajstić information content (AvgIpc) is 2.73. The van der Waals surface area contributed by atoms with Crippen molar-refractivity contribution in [2.24, 2.45) is 7.05 Å². The number of hydrogen-bond acceptors (Lipinski definition) is 5. The molecule has 0 bridgehead atoms. The Morgan fingerprint density at radius 1 is 1.33 bits per heavy atom. The highest BCUT2D eigenvalue weighted by Crippen LogP contribution is 2.38. The van der Waals surface area contributed by atoms with Gasteiger partial charge in [-0.2, -0.15) is 5.10 Å². The Morgan fingerprint density at radius 3 is 2.71 bits per heavy atom. The van der Waals surface area contributed by atoms with Gasteiger partial charge in [0.1, 0.15) is 0 Å². The summed E-state index contributed by atoms with van der Waals surface area (Å²) in [5.74, 6) is 0.159. The zero-order valence-corrected chi connectivity index (χ0v) is 13.4. The van der Waals surface area contributed by atoms with Crippen molar-refractivity contribution in [2.45, 2.75) is 23.6 Å². The molecule has 0 aliphatic rings. The van der Waals surface area contributed by atoms with Crippen molar-refractivity contribution in [2.75, 3.05) is 13.7 Å². The second-order valence-electron chi connectivity index (χ2n) is 4.58. The molecule has 1 aromatic heterocycles. The van der Waals surface area contributed by atoms with Crippen LogP contribution in [0.3, 0.4) is 0 Å². The van der Waals surface area contributed by atoms with Crippen LogP contribution in [0.4, 0.5) is 0 Å².